The number of fused-ring (bicyclic) bond motifs is 8. The molecule has 4 bridgehead atoms. The van der Waals surface area contributed by atoms with Crippen LogP contribution in [0.25, 0.3) is 0 Å². The Morgan fingerprint density at radius 2 is 0.750 bits per heavy atom. The maximum absolute atomic E-state index is 6.35. The monoisotopic (exact) mass is 334 g/mol. The molecule has 2 atom stereocenters. The van der Waals surface area contributed by atoms with Crippen molar-refractivity contribution in [3.05, 3.63) is 0 Å². The van der Waals surface area contributed by atoms with E-state index in [-0.39, 0.29) is 12.5 Å². The van der Waals surface area contributed by atoms with Gasteiger partial charge in [-0.25, -0.2) is 0 Å². The molecule has 4 nitrogen and oxygen atoms in total. The second-order valence-electron chi connectivity index (χ2n) is 9.26. The first-order valence-electron chi connectivity index (χ1n) is 10.5. The number of ether oxygens (including phenoxy) is 2. The van der Waals surface area contributed by atoms with Crippen LogP contribution in [0.5, 0.6) is 0 Å². The number of rotatable bonds is 2. The van der Waals surface area contributed by atoms with E-state index in [2.05, 4.69) is 9.80 Å². The van der Waals surface area contributed by atoms with Gasteiger partial charge in [0.1, 0.15) is 12.5 Å². The van der Waals surface area contributed by atoms with Gasteiger partial charge in [-0.05, 0) is 75.0 Å². The highest BCUT2D eigenvalue weighted by molar-refractivity contribution is 4.87. The third kappa shape index (κ3) is 3.27. The molecular formula is C20H34N2O2. The largest absolute Gasteiger partial charge is 0.357 e. The van der Waals surface area contributed by atoms with E-state index in [1.807, 2.05) is 0 Å². The summed E-state index contributed by atoms with van der Waals surface area (Å²) in [5, 5.41) is 0. The Bertz CT molecular complexity index is 353. The maximum Gasteiger partial charge on any atom is 0.134 e. The SMILES string of the molecule is C1CC2CCC1CN(C1COC(N3CC4CCC(CC4)C3)CO1)C2. The van der Waals surface area contributed by atoms with E-state index in [0.29, 0.717) is 0 Å². The molecule has 0 spiro atoms. The molecule has 5 aliphatic heterocycles. The van der Waals surface area contributed by atoms with Crippen LogP contribution in [0.4, 0.5) is 0 Å². The Morgan fingerprint density at radius 1 is 0.458 bits per heavy atom. The van der Waals surface area contributed by atoms with Crippen LogP contribution in [0.2, 0.25) is 0 Å². The zero-order valence-electron chi connectivity index (χ0n) is 15.1. The lowest BCUT2D eigenvalue weighted by atomic mass is 9.84. The molecule has 0 aromatic rings. The van der Waals surface area contributed by atoms with E-state index in [1.54, 1.807) is 0 Å². The summed E-state index contributed by atoms with van der Waals surface area (Å²) >= 11 is 0. The fourth-order valence-electron chi connectivity index (χ4n) is 6.04. The first-order chi connectivity index (χ1) is 11.8. The van der Waals surface area contributed by atoms with Crippen molar-refractivity contribution in [1.29, 1.82) is 0 Å². The summed E-state index contributed by atoms with van der Waals surface area (Å²) in [6.45, 7) is 6.50. The van der Waals surface area contributed by atoms with Crippen LogP contribution in [0, 0.1) is 23.7 Å². The van der Waals surface area contributed by atoms with Crippen molar-refractivity contribution in [3.63, 3.8) is 0 Å². The van der Waals surface area contributed by atoms with E-state index >= 15 is 0 Å². The average molecular weight is 335 g/mol. The molecule has 0 aromatic carbocycles. The Hall–Kier alpha value is -0.160. The highest BCUT2D eigenvalue weighted by atomic mass is 16.6. The van der Waals surface area contributed by atoms with Gasteiger partial charge < -0.3 is 9.47 Å². The Morgan fingerprint density at radius 3 is 1.00 bits per heavy atom. The van der Waals surface area contributed by atoms with Crippen molar-refractivity contribution in [2.24, 2.45) is 23.7 Å². The number of nitrogens with zero attached hydrogens (tertiary/aromatic N) is 2. The molecule has 5 heterocycles. The quantitative estimate of drug-likeness (QED) is 0.775. The molecule has 2 unspecified atom stereocenters. The van der Waals surface area contributed by atoms with Gasteiger partial charge in [-0.1, -0.05) is 0 Å². The normalized spacial score (nSPS) is 47.5. The van der Waals surface area contributed by atoms with Gasteiger partial charge in [0.2, 0.25) is 0 Å². The summed E-state index contributed by atoms with van der Waals surface area (Å²) in [4.78, 5) is 5.22. The fraction of sp³-hybridized carbons (Fsp3) is 1.00. The number of hydrogen-bond acceptors (Lipinski definition) is 4. The second-order valence-corrected chi connectivity index (χ2v) is 9.26. The average Bonchev–Trinajstić information content (AvgIpc) is 3.13. The van der Waals surface area contributed by atoms with Crippen molar-refractivity contribution in [3.8, 4) is 0 Å². The summed E-state index contributed by atoms with van der Waals surface area (Å²) in [6.07, 6.45) is 11.9. The molecule has 2 aliphatic carbocycles. The highest BCUT2D eigenvalue weighted by Crippen LogP contribution is 2.37. The van der Waals surface area contributed by atoms with Crippen molar-refractivity contribution in [1.82, 2.24) is 9.80 Å². The topological polar surface area (TPSA) is 24.9 Å². The van der Waals surface area contributed by atoms with Gasteiger partial charge in [0.05, 0.1) is 13.2 Å². The molecular weight excluding hydrogens is 300 g/mol. The van der Waals surface area contributed by atoms with E-state index in [1.165, 1.54) is 77.5 Å². The molecule has 7 aliphatic rings. The van der Waals surface area contributed by atoms with E-state index in [9.17, 15) is 0 Å². The van der Waals surface area contributed by atoms with E-state index in [4.69, 9.17) is 9.47 Å². The fourth-order valence-corrected chi connectivity index (χ4v) is 6.04. The summed E-state index contributed by atoms with van der Waals surface area (Å²) in [5.41, 5.74) is 0. The lowest BCUT2D eigenvalue weighted by Crippen LogP contribution is -2.53. The summed E-state index contributed by atoms with van der Waals surface area (Å²) in [7, 11) is 0. The third-order valence-electron chi connectivity index (χ3n) is 7.58. The molecule has 7 rings (SSSR count). The second kappa shape index (κ2) is 6.86. The van der Waals surface area contributed by atoms with Crippen molar-refractivity contribution in [2.45, 2.75) is 63.8 Å². The van der Waals surface area contributed by atoms with Crippen LogP contribution < -0.4 is 0 Å². The lowest BCUT2D eigenvalue weighted by Gasteiger charge is -2.41. The molecule has 7 fully saturated rings. The van der Waals surface area contributed by atoms with Gasteiger partial charge in [0, 0.05) is 26.2 Å². The van der Waals surface area contributed by atoms with Gasteiger partial charge in [-0.2, -0.15) is 0 Å². The van der Waals surface area contributed by atoms with Gasteiger partial charge in [-0.3, -0.25) is 9.80 Å². The van der Waals surface area contributed by atoms with Gasteiger partial charge >= 0.3 is 0 Å². The van der Waals surface area contributed by atoms with E-state index in [0.717, 1.165) is 36.9 Å². The smallest absolute Gasteiger partial charge is 0.134 e. The standard InChI is InChI=1S/C20H34N2O2/c1-2-16-4-3-15(1)9-21(10-16)19-13-24-20(14-23-19)22-11-17-5-6-18(12-22)8-7-17/h15-20H,1-14H2. The molecule has 0 amide bonds. The predicted octanol–water partition coefficient (Wildman–Crippen LogP) is 2.93. The van der Waals surface area contributed by atoms with Crippen LogP contribution in [-0.2, 0) is 9.47 Å². The minimum Gasteiger partial charge on any atom is -0.357 e. The van der Waals surface area contributed by atoms with Crippen molar-refractivity contribution < 1.29 is 9.47 Å². The molecule has 24 heavy (non-hydrogen) atoms. The Balaban J connectivity index is 1.17. The van der Waals surface area contributed by atoms with Crippen molar-refractivity contribution in [2.75, 3.05) is 39.4 Å². The zero-order chi connectivity index (χ0) is 15.9. The van der Waals surface area contributed by atoms with Crippen LogP contribution in [-0.4, -0.2) is 61.6 Å². The molecule has 0 N–H and O–H groups in total. The molecule has 136 valence electrons. The zero-order valence-corrected chi connectivity index (χ0v) is 15.1. The van der Waals surface area contributed by atoms with E-state index < -0.39 is 0 Å². The van der Waals surface area contributed by atoms with Crippen LogP contribution in [0.3, 0.4) is 0 Å². The van der Waals surface area contributed by atoms with Crippen LogP contribution >= 0.6 is 0 Å². The lowest BCUT2D eigenvalue weighted by molar-refractivity contribution is -0.224. The number of hydrogen-bond donors (Lipinski definition) is 0. The van der Waals surface area contributed by atoms with Gasteiger partial charge in [0.15, 0.2) is 0 Å². The summed E-state index contributed by atoms with van der Waals surface area (Å²) in [6, 6.07) is 0. The first kappa shape index (κ1) is 16.0. The molecule has 5 saturated heterocycles. The maximum atomic E-state index is 6.35. The minimum absolute atomic E-state index is 0.214. The third-order valence-corrected chi connectivity index (χ3v) is 7.58. The van der Waals surface area contributed by atoms with Gasteiger partial charge in [0.25, 0.3) is 0 Å². The predicted molar refractivity (Wildman–Crippen MR) is 93.5 cm³/mol. The Labute approximate surface area is 146 Å². The van der Waals surface area contributed by atoms with Crippen LogP contribution in [0.1, 0.15) is 51.4 Å². The van der Waals surface area contributed by atoms with Crippen molar-refractivity contribution >= 4 is 0 Å². The summed E-state index contributed by atoms with van der Waals surface area (Å²) < 4.78 is 12.7. The molecule has 0 radical (unpaired) electrons. The van der Waals surface area contributed by atoms with Gasteiger partial charge in [-0.15, -0.1) is 0 Å². The van der Waals surface area contributed by atoms with Crippen LogP contribution in [0.15, 0.2) is 0 Å². The molecule has 4 heteroatoms. The minimum atomic E-state index is 0.214. The molecule has 2 saturated carbocycles. The highest BCUT2D eigenvalue weighted by Gasteiger charge is 2.38. The Kier molecular flexibility index (Phi) is 4.59. The molecule has 0 aromatic heterocycles. The first-order valence-corrected chi connectivity index (χ1v) is 10.5. The summed E-state index contributed by atoms with van der Waals surface area (Å²) in [5.74, 6) is 3.63.